The van der Waals surface area contributed by atoms with Crippen molar-refractivity contribution in [1.82, 2.24) is 14.3 Å². The van der Waals surface area contributed by atoms with E-state index in [2.05, 4.69) is 12.0 Å². The molecule has 1 aliphatic carbocycles. The van der Waals surface area contributed by atoms with E-state index in [1.165, 1.54) is 24.3 Å². The summed E-state index contributed by atoms with van der Waals surface area (Å²) in [7, 11) is 0. The van der Waals surface area contributed by atoms with Gasteiger partial charge in [0.1, 0.15) is 5.82 Å². The van der Waals surface area contributed by atoms with Crippen LogP contribution in [0.1, 0.15) is 68.4 Å². The Morgan fingerprint density at radius 3 is 2.57 bits per heavy atom. The summed E-state index contributed by atoms with van der Waals surface area (Å²) in [5.74, 6) is -2.84. The summed E-state index contributed by atoms with van der Waals surface area (Å²) in [6, 6.07) is 7.38. The fourth-order valence-corrected chi connectivity index (χ4v) is 5.53. The Bertz CT molecular complexity index is 1420. The molecule has 37 heavy (non-hydrogen) atoms. The van der Waals surface area contributed by atoms with Crippen LogP contribution in [0.3, 0.4) is 0 Å². The van der Waals surface area contributed by atoms with Crippen LogP contribution in [0.5, 0.6) is 0 Å². The maximum atomic E-state index is 15.5. The van der Waals surface area contributed by atoms with E-state index in [4.69, 9.17) is 11.6 Å². The number of hydrogen-bond donors (Lipinski definition) is 0. The number of carboxylic acids is 1. The van der Waals surface area contributed by atoms with Crippen molar-refractivity contribution in [2.75, 3.05) is 0 Å². The minimum absolute atomic E-state index is 0. The summed E-state index contributed by atoms with van der Waals surface area (Å²) in [5, 5.41) is 16.4. The van der Waals surface area contributed by atoms with Crippen LogP contribution in [-0.2, 0) is 6.54 Å². The summed E-state index contributed by atoms with van der Waals surface area (Å²) >= 11 is 7.27. The number of carbonyl (C=O) groups excluding carboxylic acids is 1. The van der Waals surface area contributed by atoms with Gasteiger partial charge in [0.15, 0.2) is 5.82 Å². The summed E-state index contributed by atoms with van der Waals surface area (Å²) in [5.41, 5.74) is 1.37. The summed E-state index contributed by atoms with van der Waals surface area (Å²) in [6.07, 6.45) is 7.42. The third-order valence-electron chi connectivity index (χ3n) is 5.99. The van der Waals surface area contributed by atoms with Crippen molar-refractivity contribution in [2.24, 2.45) is 0 Å². The van der Waals surface area contributed by atoms with Crippen molar-refractivity contribution in [2.45, 2.75) is 68.7 Å². The van der Waals surface area contributed by atoms with Gasteiger partial charge in [-0.3, -0.25) is 4.68 Å². The number of fused-ring (bicyclic) bond motifs is 1. The molecule has 0 spiro atoms. The van der Waals surface area contributed by atoms with Gasteiger partial charge < -0.3 is 14.5 Å². The summed E-state index contributed by atoms with van der Waals surface area (Å²) in [4.78, 5) is 12.2. The molecule has 0 N–H and O–H groups in total. The van der Waals surface area contributed by atoms with Crippen LogP contribution in [0.4, 0.5) is 8.78 Å². The number of aryl methyl sites for hydroxylation is 1. The van der Waals surface area contributed by atoms with E-state index in [-0.39, 0.29) is 45.4 Å². The molecule has 2 aromatic heterocycles. The standard InChI is InChI=1S/C25H22ClF2N3O2S.C2H6.Na/c1-2-3-11-30-13-15(12-29-30)31-22(14-7-8-14)24(17-9-10-18(26)21(28)23(17)31)34-19-6-4-5-16(20(19)27)25(32)33;1-2;/h4-6,9-10,12-14H,2-3,7-8,11H2,1H3,(H,32,33);1-2H3;/q;;+1/p-1. The Morgan fingerprint density at radius 2 is 1.92 bits per heavy atom. The average molecular weight is 554 g/mol. The van der Waals surface area contributed by atoms with Crippen molar-refractivity contribution in [3.8, 4) is 5.69 Å². The Kier molecular flexibility index (Phi) is 10.3. The molecule has 190 valence electrons. The van der Waals surface area contributed by atoms with Crippen molar-refractivity contribution in [3.05, 3.63) is 70.6 Å². The number of carboxylic acid groups (broad SMARTS) is 1. The average Bonchev–Trinajstić information content (AvgIpc) is 3.51. The molecule has 0 unspecified atom stereocenters. The molecule has 4 aromatic rings. The van der Waals surface area contributed by atoms with Gasteiger partial charge in [-0.2, -0.15) is 5.10 Å². The largest absolute Gasteiger partial charge is 1.00 e. The van der Waals surface area contributed by atoms with Crippen LogP contribution in [0.2, 0.25) is 5.02 Å². The van der Waals surface area contributed by atoms with Gasteiger partial charge in [-0.25, -0.2) is 8.78 Å². The molecule has 0 bridgehead atoms. The minimum Gasteiger partial charge on any atom is -0.545 e. The zero-order chi connectivity index (χ0) is 26.0. The molecule has 1 aliphatic rings. The van der Waals surface area contributed by atoms with E-state index >= 15 is 4.39 Å². The Morgan fingerprint density at radius 1 is 1.19 bits per heavy atom. The van der Waals surface area contributed by atoms with E-state index in [1.54, 1.807) is 12.3 Å². The van der Waals surface area contributed by atoms with Crippen LogP contribution < -0.4 is 34.7 Å². The number of nitrogens with zero attached hydrogens (tertiary/aromatic N) is 3. The monoisotopic (exact) mass is 553 g/mol. The van der Waals surface area contributed by atoms with E-state index in [1.807, 2.05) is 29.3 Å². The van der Waals surface area contributed by atoms with Crippen LogP contribution in [-0.4, -0.2) is 20.3 Å². The van der Waals surface area contributed by atoms with Gasteiger partial charge >= 0.3 is 29.6 Å². The molecule has 5 rings (SSSR count). The molecule has 0 aliphatic heterocycles. The number of benzene rings is 2. The smallest absolute Gasteiger partial charge is 0.545 e. The van der Waals surface area contributed by atoms with Crippen molar-refractivity contribution >= 4 is 40.2 Å². The van der Waals surface area contributed by atoms with Crippen LogP contribution in [0.15, 0.2) is 52.5 Å². The van der Waals surface area contributed by atoms with E-state index in [0.29, 0.717) is 21.5 Å². The third kappa shape index (κ3) is 5.93. The first-order chi connectivity index (χ1) is 17.4. The van der Waals surface area contributed by atoms with Crippen molar-refractivity contribution in [3.63, 3.8) is 0 Å². The predicted octanol–water partition coefficient (Wildman–Crippen LogP) is 3.98. The fraction of sp³-hybridized carbons (Fsp3) is 0.333. The summed E-state index contributed by atoms with van der Waals surface area (Å²) < 4.78 is 34.1. The number of unbranched alkanes of at least 4 members (excludes halogenated alkanes) is 1. The minimum atomic E-state index is -1.58. The normalized spacial score (nSPS) is 12.7. The van der Waals surface area contributed by atoms with Crippen LogP contribution in [0, 0.1) is 11.6 Å². The van der Waals surface area contributed by atoms with Crippen molar-refractivity contribution < 1.29 is 48.2 Å². The number of rotatable bonds is 8. The maximum absolute atomic E-state index is 15.5. The number of hydrogen-bond acceptors (Lipinski definition) is 4. The molecule has 5 nitrogen and oxygen atoms in total. The maximum Gasteiger partial charge on any atom is 1.00 e. The van der Waals surface area contributed by atoms with E-state index < -0.39 is 23.2 Å². The molecule has 0 atom stereocenters. The SMILES string of the molecule is CC.CCCCn1cc(-n2c(C3CC3)c(Sc3cccc(C(=O)[O-])c3F)c3ccc(Cl)c(F)c32)cn1.[Na+]. The second-order valence-electron chi connectivity index (χ2n) is 8.40. The van der Waals surface area contributed by atoms with Crippen molar-refractivity contribution in [1.29, 1.82) is 0 Å². The zero-order valence-electron chi connectivity index (χ0n) is 21.4. The summed E-state index contributed by atoms with van der Waals surface area (Å²) in [6.45, 7) is 6.85. The predicted molar refractivity (Wildman–Crippen MR) is 137 cm³/mol. The van der Waals surface area contributed by atoms with Gasteiger partial charge in [-0.05, 0) is 37.5 Å². The molecule has 2 heterocycles. The molecule has 1 fully saturated rings. The zero-order valence-corrected chi connectivity index (χ0v) is 24.9. The number of aromatic carboxylic acids is 1. The number of carbonyl (C=O) groups is 1. The van der Waals surface area contributed by atoms with Gasteiger partial charge in [0.05, 0.1) is 28.4 Å². The molecular weight excluding hydrogens is 527 g/mol. The first kappa shape index (κ1) is 29.7. The van der Waals surface area contributed by atoms with Gasteiger partial charge in [-0.15, -0.1) is 0 Å². The van der Waals surface area contributed by atoms with Gasteiger partial charge in [0, 0.05) is 45.1 Å². The molecule has 1 saturated carbocycles. The molecule has 10 heteroatoms. The fourth-order valence-electron chi connectivity index (χ4n) is 4.17. The number of halogens is 3. The van der Waals surface area contributed by atoms with E-state index in [0.717, 1.165) is 49.7 Å². The molecule has 0 radical (unpaired) electrons. The Balaban J connectivity index is 0.00000124. The second-order valence-corrected chi connectivity index (χ2v) is 9.86. The molecule has 0 saturated heterocycles. The van der Waals surface area contributed by atoms with Crippen LogP contribution >= 0.6 is 23.4 Å². The second kappa shape index (κ2) is 12.8. The molecule has 0 amide bonds. The quantitative estimate of drug-likeness (QED) is 0.310. The molecule has 2 aromatic carbocycles. The topological polar surface area (TPSA) is 62.9 Å². The van der Waals surface area contributed by atoms with Crippen LogP contribution in [0.25, 0.3) is 16.6 Å². The van der Waals surface area contributed by atoms with Gasteiger partial charge in [0.25, 0.3) is 0 Å². The van der Waals surface area contributed by atoms with Gasteiger partial charge in [-0.1, -0.05) is 62.7 Å². The number of aromatic nitrogens is 3. The third-order valence-corrected chi connectivity index (χ3v) is 7.45. The van der Waals surface area contributed by atoms with E-state index in [9.17, 15) is 14.3 Å². The Labute approximate surface area is 246 Å². The van der Waals surface area contributed by atoms with Gasteiger partial charge in [0.2, 0.25) is 0 Å². The first-order valence-corrected chi connectivity index (χ1v) is 13.3. The Hall–Kier alpha value is -1.84. The first-order valence-electron chi connectivity index (χ1n) is 12.1. The molecular formula is C27H27ClF2N3NaO2S.